The fraction of sp³-hybridized carbons (Fsp3) is 0.389. The first-order valence-electron chi connectivity index (χ1n) is 7.81. The monoisotopic (exact) mass is 314 g/mol. The van der Waals surface area contributed by atoms with Gasteiger partial charge >= 0.3 is 0 Å². The molecule has 2 atom stereocenters. The molecule has 0 aliphatic carbocycles. The van der Waals surface area contributed by atoms with Gasteiger partial charge in [0.05, 0.1) is 4.88 Å². The Morgan fingerprint density at radius 1 is 1.27 bits per heavy atom. The molecule has 1 amide bonds. The van der Waals surface area contributed by atoms with Crippen LogP contribution in [0.3, 0.4) is 0 Å². The number of piperidine rings is 1. The second-order valence-corrected chi connectivity index (χ2v) is 7.21. The second kappa shape index (κ2) is 6.63. The molecule has 3 rings (SSSR count). The lowest BCUT2D eigenvalue weighted by Crippen LogP contribution is -2.48. The molecule has 2 aromatic rings. The van der Waals surface area contributed by atoms with E-state index in [9.17, 15) is 4.79 Å². The Balaban J connectivity index is 1.74. The van der Waals surface area contributed by atoms with E-state index in [0.717, 1.165) is 30.0 Å². The molecule has 3 nitrogen and oxygen atoms in total. The van der Waals surface area contributed by atoms with Crippen LogP contribution in [-0.4, -0.2) is 25.0 Å². The van der Waals surface area contributed by atoms with E-state index in [1.54, 1.807) is 11.3 Å². The number of nitrogens with one attached hydrogen (secondary N) is 2. The Bertz CT molecular complexity index is 650. The highest BCUT2D eigenvalue weighted by molar-refractivity contribution is 7.17. The maximum atomic E-state index is 12.5. The lowest BCUT2D eigenvalue weighted by atomic mass is 9.98. The molecular formula is C18H22N2OS. The lowest BCUT2D eigenvalue weighted by Gasteiger charge is -2.28. The maximum absolute atomic E-state index is 12.5. The van der Waals surface area contributed by atoms with Crippen molar-refractivity contribution in [2.45, 2.75) is 26.3 Å². The van der Waals surface area contributed by atoms with Crippen molar-refractivity contribution < 1.29 is 4.79 Å². The quantitative estimate of drug-likeness (QED) is 0.911. The summed E-state index contributed by atoms with van der Waals surface area (Å²) in [5.41, 5.74) is 2.34. The minimum Gasteiger partial charge on any atom is -0.347 e. The highest BCUT2D eigenvalue weighted by atomic mass is 32.1. The lowest BCUT2D eigenvalue weighted by molar-refractivity contribution is 0.0929. The molecule has 2 N–H and O–H groups in total. The van der Waals surface area contributed by atoms with Crippen molar-refractivity contribution >= 4 is 17.2 Å². The summed E-state index contributed by atoms with van der Waals surface area (Å²) in [6.45, 7) is 6.20. The molecule has 1 aromatic heterocycles. The van der Waals surface area contributed by atoms with Crippen molar-refractivity contribution in [1.82, 2.24) is 10.6 Å². The standard InChI is InChI=1S/C18H22N2OS/c1-12-8-15(11-19-10-12)20-18(21)16-9-13(2)17(22-16)14-6-4-3-5-7-14/h3-7,9,12,15,19H,8,10-11H2,1-2H3,(H,20,21). The van der Waals surface area contributed by atoms with Gasteiger partial charge in [0.1, 0.15) is 0 Å². The number of carbonyl (C=O) groups is 1. The Labute approximate surface area is 135 Å². The fourth-order valence-electron chi connectivity index (χ4n) is 2.99. The zero-order valence-corrected chi connectivity index (χ0v) is 13.9. The first-order chi connectivity index (χ1) is 10.6. The molecule has 1 aliphatic rings. The summed E-state index contributed by atoms with van der Waals surface area (Å²) in [6.07, 6.45) is 1.05. The van der Waals surface area contributed by atoms with Crippen LogP contribution in [0.15, 0.2) is 36.4 Å². The first-order valence-corrected chi connectivity index (χ1v) is 8.62. The third-order valence-electron chi connectivity index (χ3n) is 4.08. The third kappa shape index (κ3) is 3.39. The Morgan fingerprint density at radius 2 is 2.05 bits per heavy atom. The van der Waals surface area contributed by atoms with Crippen molar-refractivity contribution in [2.24, 2.45) is 5.92 Å². The van der Waals surface area contributed by atoms with Crippen molar-refractivity contribution in [3.8, 4) is 10.4 Å². The van der Waals surface area contributed by atoms with E-state index in [1.165, 1.54) is 10.4 Å². The van der Waals surface area contributed by atoms with Gasteiger partial charge in [-0.2, -0.15) is 0 Å². The Hall–Kier alpha value is -1.65. The summed E-state index contributed by atoms with van der Waals surface area (Å²) >= 11 is 1.58. The highest BCUT2D eigenvalue weighted by Crippen LogP contribution is 2.32. The molecule has 2 unspecified atom stereocenters. The van der Waals surface area contributed by atoms with Crippen molar-refractivity contribution in [3.63, 3.8) is 0 Å². The minimum absolute atomic E-state index is 0.0520. The molecule has 1 saturated heterocycles. The molecule has 0 saturated carbocycles. The molecule has 0 bridgehead atoms. The van der Waals surface area contributed by atoms with E-state index in [4.69, 9.17) is 0 Å². The second-order valence-electron chi connectivity index (χ2n) is 6.16. The number of benzene rings is 1. The van der Waals surface area contributed by atoms with Crippen molar-refractivity contribution in [2.75, 3.05) is 13.1 Å². The molecule has 4 heteroatoms. The van der Waals surface area contributed by atoms with Gasteiger partial charge in [0.2, 0.25) is 0 Å². The van der Waals surface area contributed by atoms with Crippen LogP contribution in [0, 0.1) is 12.8 Å². The maximum Gasteiger partial charge on any atom is 0.261 e. The van der Waals surface area contributed by atoms with Gasteiger partial charge in [-0.3, -0.25) is 4.79 Å². The highest BCUT2D eigenvalue weighted by Gasteiger charge is 2.22. The van der Waals surface area contributed by atoms with Gasteiger partial charge in [-0.25, -0.2) is 0 Å². The van der Waals surface area contributed by atoms with E-state index >= 15 is 0 Å². The van der Waals surface area contributed by atoms with E-state index in [-0.39, 0.29) is 11.9 Å². The topological polar surface area (TPSA) is 41.1 Å². The van der Waals surface area contributed by atoms with Gasteiger partial charge in [-0.15, -0.1) is 11.3 Å². The largest absolute Gasteiger partial charge is 0.347 e. The Kier molecular flexibility index (Phi) is 4.60. The van der Waals surface area contributed by atoms with Gasteiger partial charge in [0.25, 0.3) is 5.91 Å². The van der Waals surface area contributed by atoms with Gasteiger partial charge in [-0.1, -0.05) is 37.3 Å². The van der Waals surface area contributed by atoms with E-state index in [0.29, 0.717) is 5.92 Å². The minimum atomic E-state index is 0.0520. The number of rotatable bonds is 3. The summed E-state index contributed by atoms with van der Waals surface area (Å²) in [7, 11) is 0. The van der Waals surface area contributed by atoms with Crippen LogP contribution < -0.4 is 10.6 Å². The van der Waals surface area contributed by atoms with Gasteiger partial charge in [-0.05, 0) is 43.0 Å². The van der Waals surface area contributed by atoms with Crippen LogP contribution in [0.4, 0.5) is 0 Å². The zero-order chi connectivity index (χ0) is 15.5. The van der Waals surface area contributed by atoms with Crippen molar-refractivity contribution in [1.29, 1.82) is 0 Å². The smallest absolute Gasteiger partial charge is 0.261 e. The SMILES string of the molecule is Cc1cc(C(=O)NC2CNCC(C)C2)sc1-c1ccccc1. The van der Waals surface area contributed by atoms with Gasteiger partial charge in [0.15, 0.2) is 0 Å². The Morgan fingerprint density at radius 3 is 2.77 bits per heavy atom. The molecule has 22 heavy (non-hydrogen) atoms. The van der Waals surface area contributed by atoms with Crippen LogP contribution >= 0.6 is 11.3 Å². The zero-order valence-electron chi connectivity index (χ0n) is 13.1. The summed E-state index contributed by atoms with van der Waals surface area (Å²) in [5.74, 6) is 0.667. The van der Waals surface area contributed by atoms with Gasteiger partial charge < -0.3 is 10.6 Å². The van der Waals surface area contributed by atoms with E-state index in [1.807, 2.05) is 24.3 Å². The number of thiophene rings is 1. The van der Waals surface area contributed by atoms with Crippen LogP contribution in [0.1, 0.15) is 28.6 Å². The molecule has 1 fully saturated rings. The molecule has 2 heterocycles. The average molecular weight is 314 g/mol. The van der Waals surface area contributed by atoms with Crippen LogP contribution in [0.2, 0.25) is 0 Å². The summed E-state index contributed by atoms with van der Waals surface area (Å²) < 4.78 is 0. The number of amides is 1. The predicted octanol–water partition coefficient (Wildman–Crippen LogP) is 3.45. The van der Waals surface area contributed by atoms with Crippen LogP contribution in [0.25, 0.3) is 10.4 Å². The van der Waals surface area contributed by atoms with E-state index in [2.05, 4.69) is 36.6 Å². The molecule has 0 spiro atoms. The third-order valence-corrected chi connectivity index (χ3v) is 5.37. The summed E-state index contributed by atoms with van der Waals surface area (Å²) in [6, 6.07) is 12.5. The molecule has 116 valence electrons. The first kappa shape index (κ1) is 15.3. The van der Waals surface area contributed by atoms with Crippen LogP contribution in [0.5, 0.6) is 0 Å². The average Bonchev–Trinajstić information content (AvgIpc) is 2.90. The summed E-state index contributed by atoms with van der Waals surface area (Å²) in [5, 5.41) is 6.54. The number of hydrogen-bond donors (Lipinski definition) is 2. The number of carbonyl (C=O) groups excluding carboxylic acids is 1. The molecule has 1 aromatic carbocycles. The van der Waals surface area contributed by atoms with Crippen LogP contribution in [-0.2, 0) is 0 Å². The number of hydrogen-bond acceptors (Lipinski definition) is 3. The number of aryl methyl sites for hydroxylation is 1. The van der Waals surface area contributed by atoms with E-state index < -0.39 is 0 Å². The molecule has 0 radical (unpaired) electrons. The molecular weight excluding hydrogens is 292 g/mol. The van der Waals surface area contributed by atoms with Crippen molar-refractivity contribution in [3.05, 3.63) is 46.8 Å². The molecule has 1 aliphatic heterocycles. The summed E-state index contributed by atoms with van der Waals surface area (Å²) in [4.78, 5) is 14.5. The normalized spacial score (nSPS) is 21.5. The predicted molar refractivity (Wildman–Crippen MR) is 92.4 cm³/mol. The van der Waals surface area contributed by atoms with Gasteiger partial charge in [0, 0.05) is 17.5 Å². The fourth-order valence-corrected chi connectivity index (χ4v) is 4.07.